The van der Waals surface area contributed by atoms with Gasteiger partial charge < -0.3 is 19.5 Å². The summed E-state index contributed by atoms with van der Waals surface area (Å²) in [7, 11) is 2.00. The van der Waals surface area contributed by atoms with E-state index in [1.165, 1.54) is 10.8 Å². The van der Waals surface area contributed by atoms with Crippen molar-refractivity contribution in [3.63, 3.8) is 0 Å². The monoisotopic (exact) mass is 433 g/mol. The molecule has 162 valence electrons. The van der Waals surface area contributed by atoms with E-state index in [0.717, 1.165) is 30.1 Å². The van der Waals surface area contributed by atoms with Gasteiger partial charge in [-0.25, -0.2) is 14.2 Å². The Balaban J connectivity index is 1.77. The molecule has 0 spiro atoms. The highest BCUT2D eigenvalue weighted by molar-refractivity contribution is 5.93. The summed E-state index contributed by atoms with van der Waals surface area (Å²) in [6.45, 7) is 2.74. The lowest BCUT2D eigenvalue weighted by molar-refractivity contribution is 0.0695. The van der Waals surface area contributed by atoms with E-state index < -0.39 is 22.8 Å². The van der Waals surface area contributed by atoms with E-state index >= 15 is 4.39 Å². The van der Waals surface area contributed by atoms with Crippen molar-refractivity contribution in [1.82, 2.24) is 19.4 Å². The first-order chi connectivity index (χ1) is 15.4. The van der Waals surface area contributed by atoms with E-state index in [1.54, 1.807) is 24.4 Å². The van der Waals surface area contributed by atoms with Crippen LogP contribution in [0.2, 0.25) is 0 Å². The summed E-state index contributed by atoms with van der Waals surface area (Å²) in [6, 6.07) is 10.2. The molecule has 32 heavy (non-hydrogen) atoms. The number of fused-ring (bicyclic) bond motifs is 2. The summed E-state index contributed by atoms with van der Waals surface area (Å²) in [5.74, 6) is -1.86. The molecule has 1 fully saturated rings. The fourth-order valence-electron chi connectivity index (χ4n) is 4.02. The van der Waals surface area contributed by atoms with Gasteiger partial charge in [-0.05, 0) is 37.4 Å². The molecule has 1 aliphatic rings. The summed E-state index contributed by atoms with van der Waals surface area (Å²) in [4.78, 5) is 37.4. The minimum absolute atomic E-state index is 0.0773. The number of hydrogen-bond donors (Lipinski definition) is 1. The van der Waals surface area contributed by atoms with E-state index in [4.69, 9.17) is 0 Å². The largest absolute Gasteiger partial charge is 0.477 e. The van der Waals surface area contributed by atoms with Gasteiger partial charge in [0, 0.05) is 49.6 Å². The van der Waals surface area contributed by atoms with Crippen LogP contribution in [0.25, 0.3) is 27.6 Å². The van der Waals surface area contributed by atoms with Gasteiger partial charge in [0.2, 0.25) is 5.43 Å². The molecule has 1 N–H and O–H groups in total. The Morgan fingerprint density at radius 3 is 2.66 bits per heavy atom. The lowest BCUT2D eigenvalue weighted by Crippen LogP contribution is -2.45. The number of carboxylic acids is 1. The highest BCUT2D eigenvalue weighted by atomic mass is 19.1. The molecule has 4 heterocycles. The van der Waals surface area contributed by atoms with Crippen molar-refractivity contribution >= 4 is 33.7 Å². The van der Waals surface area contributed by atoms with Gasteiger partial charge in [-0.1, -0.05) is 6.07 Å². The number of pyridine rings is 3. The molecule has 3 aromatic heterocycles. The van der Waals surface area contributed by atoms with Crippen molar-refractivity contribution in [2.45, 2.75) is 0 Å². The standard InChI is InChI=1S/C23H20FN5O3/c1-27-7-9-28(10-8-27)22-18(24)12-16-20(30)17(23(31)32)13-29(21(16)26-22)15-4-5-19-14(11-15)3-2-6-25-19/h2-6,11-13H,7-10H2,1H3,(H,31,32). The molecule has 0 aliphatic carbocycles. The molecule has 0 saturated carbocycles. The number of aromatic carboxylic acids is 1. The van der Waals surface area contributed by atoms with Crippen molar-refractivity contribution in [3.8, 4) is 5.69 Å². The third-order valence-electron chi connectivity index (χ3n) is 5.81. The van der Waals surface area contributed by atoms with Crippen LogP contribution in [0.1, 0.15) is 10.4 Å². The Morgan fingerprint density at radius 2 is 1.91 bits per heavy atom. The van der Waals surface area contributed by atoms with Gasteiger partial charge in [-0.2, -0.15) is 0 Å². The normalized spacial score (nSPS) is 14.9. The van der Waals surface area contributed by atoms with E-state index in [9.17, 15) is 14.7 Å². The van der Waals surface area contributed by atoms with Gasteiger partial charge in [-0.15, -0.1) is 0 Å². The van der Waals surface area contributed by atoms with E-state index in [-0.39, 0.29) is 16.9 Å². The first-order valence-corrected chi connectivity index (χ1v) is 10.2. The molecule has 1 saturated heterocycles. The van der Waals surface area contributed by atoms with Crippen LogP contribution in [0, 0.1) is 5.82 Å². The van der Waals surface area contributed by atoms with E-state index in [2.05, 4.69) is 14.9 Å². The molecule has 0 atom stereocenters. The molecule has 5 rings (SSSR count). The van der Waals surface area contributed by atoms with Crippen LogP contribution in [0.4, 0.5) is 10.2 Å². The van der Waals surface area contributed by atoms with Crippen LogP contribution in [-0.4, -0.2) is 63.7 Å². The van der Waals surface area contributed by atoms with Crippen LogP contribution in [-0.2, 0) is 0 Å². The summed E-state index contributed by atoms with van der Waals surface area (Å²) in [5.41, 5.74) is 0.372. The van der Waals surface area contributed by atoms with Crippen molar-refractivity contribution in [2.75, 3.05) is 38.1 Å². The van der Waals surface area contributed by atoms with E-state index in [0.29, 0.717) is 18.8 Å². The highest BCUT2D eigenvalue weighted by Gasteiger charge is 2.23. The predicted molar refractivity (Wildman–Crippen MR) is 119 cm³/mol. The van der Waals surface area contributed by atoms with Gasteiger partial charge in [0.15, 0.2) is 17.3 Å². The third-order valence-corrected chi connectivity index (χ3v) is 5.81. The number of hydrogen-bond acceptors (Lipinski definition) is 6. The number of carboxylic acid groups (broad SMARTS) is 1. The molecular formula is C23H20FN5O3. The predicted octanol–water partition coefficient (Wildman–Crippen LogP) is 2.52. The Morgan fingerprint density at radius 1 is 1.12 bits per heavy atom. The number of anilines is 1. The van der Waals surface area contributed by atoms with Gasteiger partial charge in [0.05, 0.1) is 10.9 Å². The summed E-state index contributed by atoms with van der Waals surface area (Å²) < 4.78 is 16.6. The molecule has 0 radical (unpaired) electrons. The Hall–Kier alpha value is -3.85. The lowest BCUT2D eigenvalue weighted by Gasteiger charge is -2.33. The second-order valence-corrected chi connectivity index (χ2v) is 7.88. The number of aromatic nitrogens is 3. The number of rotatable bonds is 3. The maximum atomic E-state index is 15.0. The first kappa shape index (κ1) is 20.1. The fraction of sp³-hybridized carbons (Fsp3) is 0.217. The number of likely N-dealkylation sites (N-methyl/N-ethyl adjacent to an activating group) is 1. The molecule has 4 aromatic rings. The van der Waals surface area contributed by atoms with Crippen LogP contribution in [0.3, 0.4) is 0 Å². The second-order valence-electron chi connectivity index (χ2n) is 7.88. The zero-order valence-electron chi connectivity index (χ0n) is 17.3. The zero-order chi connectivity index (χ0) is 22.4. The van der Waals surface area contributed by atoms with Crippen LogP contribution in [0.15, 0.2) is 53.6 Å². The summed E-state index contributed by atoms with van der Waals surface area (Å²) in [6.07, 6.45) is 2.94. The number of piperazine rings is 1. The first-order valence-electron chi connectivity index (χ1n) is 10.2. The van der Waals surface area contributed by atoms with Crippen LogP contribution < -0.4 is 10.3 Å². The minimum atomic E-state index is -1.38. The van der Waals surface area contributed by atoms with Crippen molar-refractivity contribution in [1.29, 1.82) is 0 Å². The van der Waals surface area contributed by atoms with E-state index in [1.807, 2.05) is 24.1 Å². The molecular weight excluding hydrogens is 413 g/mol. The molecule has 1 aliphatic heterocycles. The number of carbonyl (C=O) groups is 1. The topological polar surface area (TPSA) is 91.6 Å². The number of benzene rings is 1. The fourth-order valence-corrected chi connectivity index (χ4v) is 4.02. The Bertz CT molecular complexity index is 1430. The molecule has 0 bridgehead atoms. The highest BCUT2D eigenvalue weighted by Crippen LogP contribution is 2.25. The van der Waals surface area contributed by atoms with Crippen molar-refractivity contribution in [3.05, 3.63) is 70.4 Å². The Labute approximate surface area is 182 Å². The maximum Gasteiger partial charge on any atom is 0.341 e. The quantitative estimate of drug-likeness (QED) is 0.531. The minimum Gasteiger partial charge on any atom is -0.477 e. The van der Waals surface area contributed by atoms with Gasteiger partial charge in [-0.3, -0.25) is 9.78 Å². The summed E-state index contributed by atoms with van der Waals surface area (Å²) >= 11 is 0. The average Bonchev–Trinajstić information content (AvgIpc) is 2.79. The molecule has 9 heteroatoms. The molecule has 8 nitrogen and oxygen atoms in total. The van der Waals surface area contributed by atoms with Gasteiger partial charge in [0.25, 0.3) is 0 Å². The maximum absolute atomic E-state index is 15.0. The average molecular weight is 433 g/mol. The Kier molecular flexibility index (Phi) is 4.82. The van der Waals surface area contributed by atoms with Gasteiger partial charge in [0.1, 0.15) is 5.56 Å². The van der Waals surface area contributed by atoms with Gasteiger partial charge >= 0.3 is 5.97 Å². The molecule has 0 amide bonds. The second kappa shape index (κ2) is 7.69. The molecule has 0 unspecified atom stereocenters. The van der Waals surface area contributed by atoms with Crippen molar-refractivity contribution < 1.29 is 14.3 Å². The summed E-state index contributed by atoms with van der Waals surface area (Å²) in [5, 5.41) is 10.3. The third kappa shape index (κ3) is 3.36. The molecule has 1 aromatic carbocycles. The zero-order valence-corrected chi connectivity index (χ0v) is 17.3. The van der Waals surface area contributed by atoms with Crippen LogP contribution in [0.5, 0.6) is 0 Å². The number of nitrogens with zero attached hydrogens (tertiary/aromatic N) is 5. The van der Waals surface area contributed by atoms with Crippen LogP contribution >= 0.6 is 0 Å². The van der Waals surface area contributed by atoms with Crippen molar-refractivity contribution in [2.24, 2.45) is 0 Å². The SMILES string of the molecule is CN1CCN(c2nc3c(cc2F)c(=O)c(C(=O)O)cn3-c2ccc3ncccc3c2)CC1. The number of halogens is 1. The lowest BCUT2D eigenvalue weighted by atomic mass is 10.1. The smallest absolute Gasteiger partial charge is 0.341 e.